The summed E-state index contributed by atoms with van der Waals surface area (Å²) < 4.78 is 28.5. The van der Waals surface area contributed by atoms with Gasteiger partial charge in [-0.25, -0.2) is 4.98 Å². The number of hydrogen-bond donors (Lipinski definition) is 1. The lowest BCUT2D eigenvalue weighted by atomic mass is 10.2. The van der Waals surface area contributed by atoms with Gasteiger partial charge in [0, 0.05) is 18.8 Å². The third-order valence-corrected chi connectivity index (χ3v) is 4.71. The monoisotopic (exact) mass is 283 g/mol. The second-order valence-electron chi connectivity index (χ2n) is 4.83. The Labute approximate surface area is 115 Å². The summed E-state index contributed by atoms with van der Waals surface area (Å²) in [6.45, 7) is 3.28. The van der Waals surface area contributed by atoms with E-state index in [0.29, 0.717) is 18.9 Å². The number of piperidine rings is 1. The van der Waals surface area contributed by atoms with Gasteiger partial charge in [0.05, 0.1) is 0 Å². The van der Waals surface area contributed by atoms with Crippen LogP contribution in [0.1, 0.15) is 38.3 Å². The van der Waals surface area contributed by atoms with Crippen LogP contribution in [0.5, 0.6) is 0 Å². The third-order valence-electron chi connectivity index (χ3n) is 3.20. The highest BCUT2D eigenvalue weighted by Gasteiger charge is 2.23. The van der Waals surface area contributed by atoms with Crippen molar-refractivity contribution >= 4 is 16.0 Å². The fourth-order valence-electron chi connectivity index (χ4n) is 2.23. The SMILES string of the molecule is CCCc1cccc(NS(=O)(=O)N2CCCCC2)n1. The molecule has 2 heterocycles. The first-order chi connectivity index (χ1) is 9.12. The lowest BCUT2D eigenvalue weighted by Crippen LogP contribution is -2.39. The van der Waals surface area contributed by atoms with Gasteiger partial charge in [-0.15, -0.1) is 0 Å². The molecule has 6 heteroatoms. The van der Waals surface area contributed by atoms with Gasteiger partial charge in [-0.2, -0.15) is 12.7 Å². The Bertz CT molecular complexity index is 510. The Kier molecular flexibility index (Phi) is 4.76. The molecule has 0 atom stereocenters. The maximum atomic E-state index is 12.2. The summed E-state index contributed by atoms with van der Waals surface area (Å²) in [5.41, 5.74) is 0.918. The largest absolute Gasteiger partial charge is 0.302 e. The standard InChI is InChI=1S/C13H21N3O2S/c1-2-7-12-8-6-9-13(14-12)15-19(17,18)16-10-4-3-5-11-16/h6,8-9H,2-5,7,10-11H2,1H3,(H,14,15). The van der Waals surface area contributed by atoms with Gasteiger partial charge in [-0.3, -0.25) is 4.72 Å². The van der Waals surface area contributed by atoms with Gasteiger partial charge in [0.15, 0.2) is 0 Å². The van der Waals surface area contributed by atoms with Crippen molar-refractivity contribution in [3.63, 3.8) is 0 Å². The van der Waals surface area contributed by atoms with Crippen LogP contribution in [-0.4, -0.2) is 30.8 Å². The minimum Gasteiger partial charge on any atom is -0.254 e. The second kappa shape index (κ2) is 6.34. The fourth-order valence-corrected chi connectivity index (χ4v) is 3.48. The molecule has 1 N–H and O–H groups in total. The molecule has 0 unspecified atom stereocenters. The van der Waals surface area contributed by atoms with Crippen molar-refractivity contribution in [3.05, 3.63) is 23.9 Å². The number of nitrogens with zero attached hydrogens (tertiary/aromatic N) is 2. The molecule has 1 aromatic heterocycles. The zero-order valence-electron chi connectivity index (χ0n) is 11.3. The first-order valence-corrected chi connectivity index (χ1v) is 8.29. The van der Waals surface area contributed by atoms with Crippen molar-refractivity contribution in [3.8, 4) is 0 Å². The van der Waals surface area contributed by atoms with Crippen LogP contribution in [0.2, 0.25) is 0 Å². The number of pyridine rings is 1. The predicted molar refractivity (Wildman–Crippen MR) is 76.2 cm³/mol. The van der Waals surface area contributed by atoms with E-state index in [1.54, 1.807) is 6.07 Å². The molecule has 0 spiro atoms. The van der Waals surface area contributed by atoms with E-state index in [0.717, 1.165) is 37.8 Å². The van der Waals surface area contributed by atoms with Crippen molar-refractivity contribution in [1.82, 2.24) is 9.29 Å². The van der Waals surface area contributed by atoms with Crippen molar-refractivity contribution in [1.29, 1.82) is 0 Å². The maximum Gasteiger partial charge on any atom is 0.302 e. The first kappa shape index (κ1) is 14.3. The summed E-state index contributed by atoms with van der Waals surface area (Å²) in [7, 11) is -3.45. The number of anilines is 1. The van der Waals surface area contributed by atoms with Crippen LogP contribution in [0.25, 0.3) is 0 Å². The quantitative estimate of drug-likeness (QED) is 0.901. The number of rotatable bonds is 5. The molecule has 0 aliphatic carbocycles. The number of aromatic nitrogens is 1. The summed E-state index contributed by atoms with van der Waals surface area (Å²) in [5.74, 6) is 0.413. The average Bonchev–Trinajstić information content (AvgIpc) is 2.40. The molecular formula is C13H21N3O2S. The van der Waals surface area contributed by atoms with Crippen molar-refractivity contribution < 1.29 is 8.42 Å². The zero-order chi connectivity index (χ0) is 13.7. The van der Waals surface area contributed by atoms with E-state index in [9.17, 15) is 8.42 Å². The second-order valence-corrected chi connectivity index (χ2v) is 6.50. The Balaban J connectivity index is 2.08. The molecule has 1 aromatic rings. The number of aryl methyl sites for hydroxylation is 1. The highest BCUT2D eigenvalue weighted by Crippen LogP contribution is 2.15. The van der Waals surface area contributed by atoms with E-state index in [1.165, 1.54) is 4.31 Å². The summed E-state index contributed by atoms with van der Waals surface area (Å²) in [6, 6.07) is 5.45. The molecule has 0 saturated carbocycles. The number of hydrogen-bond acceptors (Lipinski definition) is 3. The molecule has 0 amide bonds. The van der Waals surface area contributed by atoms with Gasteiger partial charge in [0.25, 0.3) is 0 Å². The fraction of sp³-hybridized carbons (Fsp3) is 0.615. The van der Waals surface area contributed by atoms with Crippen molar-refractivity contribution in [2.24, 2.45) is 0 Å². The third kappa shape index (κ3) is 3.91. The molecule has 5 nitrogen and oxygen atoms in total. The lowest BCUT2D eigenvalue weighted by Gasteiger charge is -2.25. The topological polar surface area (TPSA) is 62.3 Å². The summed E-state index contributed by atoms with van der Waals surface area (Å²) >= 11 is 0. The molecule has 1 aliphatic heterocycles. The molecule has 0 bridgehead atoms. The summed E-state index contributed by atoms with van der Waals surface area (Å²) in [4.78, 5) is 4.33. The van der Waals surface area contributed by atoms with E-state index >= 15 is 0 Å². The Morgan fingerprint density at radius 3 is 2.68 bits per heavy atom. The zero-order valence-corrected chi connectivity index (χ0v) is 12.1. The lowest BCUT2D eigenvalue weighted by molar-refractivity contribution is 0.349. The van der Waals surface area contributed by atoms with Gasteiger partial charge < -0.3 is 0 Å². The van der Waals surface area contributed by atoms with Crippen LogP contribution in [0, 0.1) is 0 Å². The van der Waals surface area contributed by atoms with Crippen LogP contribution in [0.4, 0.5) is 5.82 Å². The van der Waals surface area contributed by atoms with Crippen LogP contribution >= 0.6 is 0 Å². The Morgan fingerprint density at radius 1 is 1.26 bits per heavy atom. The van der Waals surface area contributed by atoms with Gasteiger partial charge in [0.2, 0.25) is 0 Å². The molecule has 0 radical (unpaired) electrons. The highest BCUT2D eigenvalue weighted by molar-refractivity contribution is 7.90. The first-order valence-electron chi connectivity index (χ1n) is 6.85. The van der Waals surface area contributed by atoms with Crippen LogP contribution < -0.4 is 4.72 Å². The normalized spacial score (nSPS) is 17.3. The smallest absolute Gasteiger partial charge is 0.254 e. The Morgan fingerprint density at radius 2 is 2.00 bits per heavy atom. The van der Waals surface area contributed by atoms with E-state index in [-0.39, 0.29) is 0 Å². The summed E-state index contributed by atoms with van der Waals surface area (Å²) in [6.07, 6.45) is 4.83. The molecule has 19 heavy (non-hydrogen) atoms. The van der Waals surface area contributed by atoms with E-state index < -0.39 is 10.2 Å². The molecular weight excluding hydrogens is 262 g/mol. The van der Waals surface area contributed by atoms with Crippen molar-refractivity contribution in [2.45, 2.75) is 39.0 Å². The van der Waals surface area contributed by atoms with Gasteiger partial charge in [-0.1, -0.05) is 25.8 Å². The Hall–Kier alpha value is -1.14. The van der Waals surface area contributed by atoms with Gasteiger partial charge in [-0.05, 0) is 31.4 Å². The molecule has 0 aromatic carbocycles. The average molecular weight is 283 g/mol. The predicted octanol–water partition coefficient (Wildman–Crippen LogP) is 2.18. The van der Waals surface area contributed by atoms with Gasteiger partial charge >= 0.3 is 10.2 Å². The van der Waals surface area contributed by atoms with E-state index in [4.69, 9.17) is 0 Å². The molecule has 106 valence electrons. The molecule has 1 saturated heterocycles. The molecule has 1 aliphatic rings. The number of nitrogens with one attached hydrogen (secondary N) is 1. The van der Waals surface area contributed by atoms with E-state index in [2.05, 4.69) is 16.6 Å². The minimum atomic E-state index is -3.45. The minimum absolute atomic E-state index is 0.413. The van der Waals surface area contributed by atoms with Gasteiger partial charge in [0.1, 0.15) is 5.82 Å². The summed E-state index contributed by atoms with van der Waals surface area (Å²) in [5, 5.41) is 0. The van der Waals surface area contributed by atoms with Crippen LogP contribution in [0.15, 0.2) is 18.2 Å². The highest BCUT2D eigenvalue weighted by atomic mass is 32.2. The molecule has 1 fully saturated rings. The maximum absolute atomic E-state index is 12.2. The van der Waals surface area contributed by atoms with Crippen LogP contribution in [0.3, 0.4) is 0 Å². The van der Waals surface area contributed by atoms with E-state index in [1.807, 2.05) is 12.1 Å². The van der Waals surface area contributed by atoms with Crippen LogP contribution in [-0.2, 0) is 16.6 Å². The van der Waals surface area contributed by atoms with Crippen molar-refractivity contribution in [2.75, 3.05) is 17.8 Å². The molecule has 2 rings (SSSR count).